The SMILES string of the molecule is O=C(NCCCOCc1ccco1)N1CCC[C@@H]1c1ccsc1. The van der Waals surface area contributed by atoms with Gasteiger partial charge in [0.2, 0.25) is 0 Å². The average molecular weight is 334 g/mol. The summed E-state index contributed by atoms with van der Waals surface area (Å²) in [6.45, 7) is 2.55. The van der Waals surface area contributed by atoms with Crippen LogP contribution in [0, 0.1) is 0 Å². The van der Waals surface area contributed by atoms with E-state index in [1.54, 1.807) is 17.6 Å². The van der Waals surface area contributed by atoms with Crippen molar-refractivity contribution >= 4 is 17.4 Å². The summed E-state index contributed by atoms with van der Waals surface area (Å²) < 4.78 is 10.7. The molecule has 1 atom stereocenters. The summed E-state index contributed by atoms with van der Waals surface area (Å²) in [7, 11) is 0. The molecule has 3 rings (SSSR count). The van der Waals surface area contributed by atoms with Crippen LogP contribution in [0.15, 0.2) is 39.6 Å². The molecule has 6 heteroatoms. The molecule has 1 fully saturated rings. The Morgan fingerprint density at radius 1 is 1.48 bits per heavy atom. The minimum atomic E-state index is 0.0322. The molecule has 0 saturated carbocycles. The number of nitrogens with one attached hydrogen (secondary N) is 1. The first-order valence-electron chi connectivity index (χ1n) is 8.01. The summed E-state index contributed by atoms with van der Waals surface area (Å²) >= 11 is 1.68. The number of hydrogen-bond acceptors (Lipinski definition) is 4. The summed E-state index contributed by atoms with van der Waals surface area (Å²) in [5.41, 5.74) is 1.25. The zero-order chi connectivity index (χ0) is 15.9. The molecule has 1 aliphatic heterocycles. The van der Waals surface area contributed by atoms with Gasteiger partial charge in [0, 0.05) is 19.7 Å². The first-order chi connectivity index (χ1) is 11.3. The van der Waals surface area contributed by atoms with Gasteiger partial charge in [0.15, 0.2) is 0 Å². The number of nitrogens with zero attached hydrogens (tertiary/aromatic N) is 1. The molecule has 0 radical (unpaired) electrons. The van der Waals surface area contributed by atoms with Crippen molar-refractivity contribution in [3.63, 3.8) is 0 Å². The van der Waals surface area contributed by atoms with Gasteiger partial charge in [-0.3, -0.25) is 0 Å². The van der Waals surface area contributed by atoms with Crippen LogP contribution < -0.4 is 5.32 Å². The smallest absolute Gasteiger partial charge is 0.317 e. The predicted octanol–water partition coefficient (Wildman–Crippen LogP) is 3.79. The van der Waals surface area contributed by atoms with Gasteiger partial charge in [-0.1, -0.05) is 0 Å². The van der Waals surface area contributed by atoms with Crippen molar-refractivity contribution in [2.45, 2.75) is 31.9 Å². The standard InChI is InChI=1S/C17H22N2O3S/c20-17(18-7-3-9-21-12-15-4-2-10-22-15)19-8-1-5-16(19)14-6-11-23-13-14/h2,4,6,10-11,13,16H,1,3,5,7-9,12H2,(H,18,20)/t16-/m1/s1. The quantitative estimate of drug-likeness (QED) is 0.784. The molecule has 0 bridgehead atoms. The van der Waals surface area contributed by atoms with Gasteiger partial charge in [0.25, 0.3) is 0 Å². The van der Waals surface area contributed by atoms with Crippen LogP contribution in [0.4, 0.5) is 4.79 Å². The molecular weight excluding hydrogens is 312 g/mol. The van der Waals surface area contributed by atoms with Gasteiger partial charge in [-0.2, -0.15) is 11.3 Å². The number of carbonyl (C=O) groups is 1. The molecule has 3 heterocycles. The third kappa shape index (κ3) is 4.36. The third-order valence-electron chi connectivity index (χ3n) is 4.01. The number of furan rings is 1. The predicted molar refractivity (Wildman–Crippen MR) is 89.4 cm³/mol. The molecular formula is C17H22N2O3S. The summed E-state index contributed by atoms with van der Waals surface area (Å²) in [6, 6.07) is 6.11. The van der Waals surface area contributed by atoms with Crippen molar-refractivity contribution in [1.29, 1.82) is 0 Å². The van der Waals surface area contributed by atoms with Crippen LogP contribution in [0.1, 0.15) is 36.6 Å². The van der Waals surface area contributed by atoms with Crippen LogP contribution in [0.3, 0.4) is 0 Å². The molecule has 2 aromatic heterocycles. The van der Waals surface area contributed by atoms with Crippen LogP contribution in [0.2, 0.25) is 0 Å². The zero-order valence-electron chi connectivity index (χ0n) is 13.1. The second kappa shape index (κ2) is 8.17. The molecule has 2 amide bonds. The molecule has 2 aromatic rings. The van der Waals surface area contributed by atoms with E-state index >= 15 is 0 Å². The van der Waals surface area contributed by atoms with E-state index in [0.29, 0.717) is 19.8 Å². The van der Waals surface area contributed by atoms with Gasteiger partial charge in [-0.15, -0.1) is 0 Å². The van der Waals surface area contributed by atoms with Gasteiger partial charge in [0.1, 0.15) is 12.4 Å². The number of ether oxygens (including phenoxy) is 1. The maximum atomic E-state index is 12.3. The number of likely N-dealkylation sites (tertiary alicyclic amines) is 1. The summed E-state index contributed by atoms with van der Waals surface area (Å²) in [5, 5.41) is 7.20. The first-order valence-corrected chi connectivity index (χ1v) is 8.95. The summed E-state index contributed by atoms with van der Waals surface area (Å²) in [5.74, 6) is 0.824. The number of urea groups is 1. The Morgan fingerprint density at radius 2 is 2.43 bits per heavy atom. The number of carbonyl (C=O) groups excluding carboxylic acids is 1. The fourth-order valence-electron chi connectivity index (χ4n) is 2.86. The fraction of sp³-hybridized carbons (Fsp3) is 0.471. The van der Waals surface area contributed by atoms with Crippen LogP contribution in [0.25, 0.3) is 0 Å². The third-order valence-corrected chi connectivity index (χ3v) is 4.71. The summed E-state index contributed by atoms with van der Waals surface area (Å²) in [4.78, 5) is 14.3. The minimum absolute atomic E-state index is 0.0322. The first kappa shape index (κ1) is 16.1. The Kier molecular flexibility index (Phi) is 5.71. The van der Waals surface area contributed by atoms with E-state index in [2.05, 4.69) is 22.1 Å². The van der Waals surface area contributed by atoms with Crippen LogP contribution in [-0.4, -0.2) is 30.6 Å². The van der Waals surface area contributed by atoms with Gasteiger partial charge >= 0.3 is 6.03 Å². The molecule has 1 N–H and O–H groups in total. The lowest BCUT2D eigenvalue weighted by Crippen LogP contribution is -2.40. The Hall–Kier alpha value is -1.79. The van der Waals surface area contributed by atoms with E-state index in [0.717, 1.165) is 31.6 Å². The van der Waals surface area contributed by atoms with E-state index < -0.39 is 0 Å². The average Bonchev–Trinajstić information content (AvgIpc) is 3.32. The lowest BCUT2D eigenvalue weighted by Gasteiger charge is -2.24. The van der Waals surface area contributed by atoms with Gasteiger partial charge in [0.05, 0.1) is 12.3 Å². The Balaban J connectivity index is 1.34. The molecule has 0 unspecified atom stereocenters. The van der Waals surface area contributed by atoms with E-state index in [-0.39, 0.29) is 12.1 Å². The molecule has 1 aliphatic rings. The number of hydrogen-bond donors (Lipinski definition) is 1. The van der Waals surface area contributed by atoms with Crippen LogP contribution in [0.5, 0.6) is 0 Å². The monoisotopic (exact) mass is 334 g/mol. The van der Waals surface area contributed by atoms with E-state index in [9.17, 15) is 4.79 Å². The van der Waals surface area contributed by atoms with Crippen molar-refractivity contribution in [1.82, 2.24) is 10.2 Å². The van der Waals surface area contributed by atoms with Crippen molar-refractivity contribution < 1.29 is 13.9 Å². The van der Waals surface area contributed by atoms with Crippen molar-refractivity contribution in [2.24, 2.45) is 0 Å². The largest absolute Gasteiger partial charge is 0.467 e. The molecule has 1 saturated heterocycles. The second-order valence-corrected chi connectivity index (χ2v) is 6.41. The van der Waals surface area contributed by atoms with E-state index in [4.69, 9.17) is 9.15 Å². The van der Waals surface area contributed by atoms with Gasteiger partial charge in [-0.25, -0.2) is 4.79 Å². The maximum absolute atomic E-state index is 12.3. The molecule has 0 aliphatic carbocycles. The van der Waals surface area contributed by atoms with Crippen molar-refractivity contribution in [3.8, 4) is 0 Å². The topological polar surface area (TPSA) is 54.7 Å². The highest BCUT2D eigenvalue weighted by Gasteiger charge is 2.29. The number of amides is 2. The van der Waals surface area contributed by atoms with E-state index in [1.807, 2.05) is 17.0 Å². The number of rotatable bonds is 7. The lowest BCUT2D eigenvalue weighted by molar-refractivity contribution is 0.104. The normalized spacial score (nSPS) is 17.6. The maximum Gasteiger partial charge on any atom is 0.317 e. The van der Waals surface area contributed by atoms with E-state index in [1.165, 1.54) is 5.56 Å². The van der Waals surface area contributed by atoms with Crippen molar-refractivity contribution in [2.75, 3.05) is 19.7 Å². The Bertz CT molecular complexity index is 583. The van der Waals surface area contributed by atoms with Crippen molar-refractivity contribution in [3.05, 3.63) is 46.5 Å². The van der Waals surface area contributed by atoms with Crippen LogP contribution >= 0.6 is 11.3 Å². The Labute approximate surface area is 140 Å². The highest BCUT2D eigenvalue weighted by molar-refractivity contribution is 7.07. The molecule has 5 nitrogen and oxygen atoms in total. The fourth-order valence-corrected chi connectivity index (χ4v) is 3.57. The second-order valence-electron chi connectivity index (χ2n) is 5.63. The molecule has 23 heavy (non-hydrogen) atoms. The zero-order valence-corrected chi connectivity index (χ0v) is 13.9. The van der Waals surface area contributed by atoms with Crippen LogP contribution in [-0.2, 0) is 11.3 Å². The highest BCUT2D eigenvalue weighted by Crippen LogP contribution is 2.32. The lowest BCUT2D eigenvalue weighted by atomic mass is 10.1. The highest BCUT2D eigenvalue weighted by atomic mass is 32.1. The molecule has 124 valence electrons. The summed E-state index contributed by atoms with van der Waals surface area (Å²) in [6.07, 6.45) is 4.55. The molecule has 0 aromatic carbocycles. The Morgan fingerprint density at radius 3 is 3.22 bits per heavy atom. The van der Waals surface area contributed by atoms with Gasteiger partial charge in [-0.05, 0) is 53.8 Å². The minimum Gasteiger partial charge on any atom is -0.467 e. The number of thiophene rings is 1. The van der Waals surface area contributed by atoms with Gasteiger partial charge < -0.3 is 19.4 Å². The molecule has 0 spiro atoms.